The number of nitrogens with zero attached hydrogens (tertiary/aromatic N) is 1. The van der Waals surface area contributed by atoms with Crippen molar-refractivity contribution in [3.8, 4) is 0 Å². The number of rotatable bonds is 7. The maximum atomic E-state index is 12.6. The summed E-state index contributed by atoms with van der Waals surface area (Å²) in [5, 5.41) is 8.81. The zero-order chi connectivity index (χ0) is 17.9. The van der Waals surface area contributed by atoms with E-state index in [0.717, 1.165) is 36.8 Å². The van der Waals surface area contributed by atoms with Crippen LogP contribution in [0, 0.1) is 11.8 Å². The van der Waals surface area contributed by atoms with Gasteiger partial charge < -0.3 is 5.11 Å². The van der Waals surface area contributed by atoms with E-state index in [-0.39, 0.29) is 6.42 Å². The van der Waals surface area contributed by atoms with Gasteiger partial charge in [-0.1, -0.05) is 37.1 Å². The first-order valence-electron chi connectivity index (χ1n) is 9.20. The molecule has 0 spiro atoms. The number of aliphatic carboxylic acids is 1. The second kappa shape index (κ2) is 7.87. The quantitative estimate of drug-likeness (QED) is 0.806. The molecular formula is C19H27NO4S. The number of hydrogen-bond acceptors (Lipinski definition) is 3. The summed E-state index contributed by atoms with van der Waals surface area (Å²) in [5.41, 5.74) is 1.94. The van der Waals surface area contributed by atoms with Crippen molar-refractivity contribution >= 4 is 16.0 Å². The summed E-state index contributed by atoms with van der Waals surface area (Å²) in [6, 6.07) is 7.64. The van der Waals surface area contributed by atoms with Crippen LogP contribution < -0.4 is 0 Å². The van der Waals surface area contributed by atoms with E-state index in [9.17, 15) is 13.2 Å². The minimum atomic E-state index is -3.12. The molecule has 0 amide bonds. The molecule has 3 rings (SSSR count). The molecule has 1 aliphatic heterocycles. The van der Waals surface area contributed by atoms with Crippen LogP contribution in [0.4, 0.5) is 0 Å². The Hall–Kier alpha value is -1.40. The van der Waals surface area contributed by atoms with Gasteiger partial charge in [-0.2, -0.15) is 0 Å². The van der Waals surface area contributed by atoms with E-state index < -0.39 is 16.0 Å². The Morgan fingerprint density at radius 2 is 1.68 bits per heavy atom. The summed E-state index contributed by atoms with van der Waals surface area (Å²) in [6.45, 7) is 1.25. The van der Waals surface area contributed by atoms with Crippen LogP contribution in [-0.4, -0.2) is 42.6 Å². The van der Waals surface area contributed by atoms with Gasteiger partial charge in [-0.3, -0.25) is 4.79 Å². The Labute approximate surface area is 150 Å². The van der Waals surface area contributed by atoms with Crippen molar-refractivity contribution in [2.75, 3.05) is 18.8 Å². The molecule has 0 aromatic heterocycles. The molecular weight excluding hydrogens is 338 g/mol. The topological polar surface area (TPSA) is 74.7 Å². The van der Waals surface area contributed by atoms with Crippen LogP contribution in [0.1, 0.15) is 43.2 Å². The molecule has 1 N–H and O–H groups in total. The zero-order valence-corrected chi connectivity index (χ0v) is 15.4. The smallest absolute Gasteiger partial charge is 0.307 e. The van der Waals surface area contributed by atoms with Crippen molar-refractivity contribution in [3.05, 3.63) is 35.4 Å². The predicted octanol–water partition coefficient (Wildman–Crippen LogP) is 2.70. The van der Waals surface area contributed by atoms with E-state index in [4.69, 9.17) is 5.11 Å². The fraction of sp³-hybridized carbons (Fsp3) is 0.632. The third kappa shape index (κ3) is 5.05. The van der Waals surface area contributed by atoms with Crippen LogP contribution in [0.15, 0.2) is 24.3 Å². The first-order valence-corrected chi connectivity index (χ1v) is 10.8. The highest BCUT2D eigenvalue weighted by Gasteiger charge is 2.33. The molecule has 25 heavy (non-hydrogen) atoms. The Kier molecular flexibility index (Phi) is 5.79. The SMILES string of the molecule is O=C(O)Cc1ccc(CC2CCN(S(=O)(=O)CC3CCCC3)C2)cc1. The van der Waals surface area contributed by atoms with Gasteiger partial charge in [-0.05, 0) is 48.6 Å². The highest BCUT2D eigenvalue weighted by atomic mass is 32.2. The first kappa shape index (κ1) is 18.4. The summed E-state index contributed by atoms with van der Waals surface area (Å²) in [4.78, 5) is 10.7. The molecule has 1 aromatic carbocycles. The third-order valence-corrected chi connectivity index (χ3v) is 7.48. The van der Waals surface area contributed by atoms with Gasteiger partial charge in [0, 0.05) is 13.1 Å². The monoisotopic (exact) mass is 365 g/mol. The number of carbonyl (C=O) groups is 1. The average molecular weight is 365 g/mol. The number of carboxylic acids is 1. The molecule has 138 valence electrons. The van der Waals surface area contributed by atoms with Gasteiger partial charge in [-0.25, -0.2) is 12.7 Å². The molecule has 1 heterocycles. The lowest BCUT2D eigenvalue weighted by Gasteiger charge is -2.19. The van der Waals surface area contributed by atoms with E-state index in [0.29, 0.717) is 30.7 Å². The van der Waals surface area contributed by atoms with Gasteiger partial charge in [0.1, 0.15) is 0 Å². The normalized spacial score (nSPS) is 22.5. The molecule has 0 radical (unpaired) electrons. The fourth-order valence-electron chi connectivity index (χ4n) is 4.10. The summed E-state index contributed by atoms with van der Waals surface area (Å²) in [6.07, 6.45) is 6.24. The van der Waals surface area contributed by atoms with Gasteiger partial charge >= 0.3 is 5.97 Å². The van der Waals surface area contributed by atoms with E-state index in [1.165, 1.54) is 12.8 Å². The second-order valence-corrected chi connectivity index (χ2v) is 9.55. The second-order valence-electron chi connectivity index (χ2n) is 7.53. The van der Waals surface area contributed by atoms with Gasteiger partial charge in [0.05, 0.1) is 12.2 Å². The number of sulfonamides is 1. The summed E-state index contributed by atoms with van der Waals surface area (Å²) in [7, 11) is -3.12. The van der Waals surface area contributed by atoms with E-state index in [2.05, 4.69) is 0 Å². The largest absolute Gasteiger partial charge is 0.481 e. The summed E-state index contributed by atoms with van der Waals surface area (Å²) >= 11 is 0. The predicted molar refractivity (Wildman–Crippen MR) is 96.9 cm³/mol. The maximum absolute atomic E-state index is 12.6. The molecule has 1 saturated carbocycles. The molecule has 1 aliphatic carbocycles. The van der Waals surface area contributed by atoms with E-state index in [1.54, 1.807) is 4.31 Å². The molecule has 5 nitrogen and oxygen atoms in total. The third-order valence-electron chi connectivity index (χ3n) is 5.47. The highest BCUT2D eigenvalue weighted by molar-refractivity contribution is 7.89. The Bertz CT molecular complexity index is 693. The molecule has 1 saturated heterocycles. The van der Waals surface area contributed by atoms with Gasteiger partial charge in [0.25, 0.3) is 0 Å². The highest BCUT2D eigenvalue weighted by Crippen LogP contribution is 2.29. The van der Waals surface area contributed by atoms with Crippen molar-refractivity contribution in [1.82, 2.24) is 4.31 Å². The Balaban J connectivity index is 1.53. The fourth-order valence-corrected chi connectivity index (χ4v) is 6.06. The van der Waals surface area contributed by atoms with Crippen LogP contribution >= 0.6 is 0 Å². The minimum Gasteiger partial charge on any atom is -0.481 e. The lowest BCUT2D eigenvalue weighted by Crippen LogP contribution is -2.33. The average Bonchev–Trinajstić information content (AvgIpc) is 3.20. The van der Waals surface area contributed by atoms with Gasteiger partial charge in [0.15, 0.2) is 0 Å². The summed E-state index contributed by atoms with van der Waals surface area (Å²) < 4.78 is 26.9. The Morgan fingerprint density at radius 1 is 1.04 bits per heavy atom. The molecule has 6 heteroatoms. The van der Waals surface area contributed by atoms with Crippen molar-refractivity contribution in [1.29, 1.82) is 0 Å². The van der Waals surface area contributed by atoms with E-state index in [1.807, 2.05) is 24.3 Å². The molecule has 2 aliphatic rings. The number of benzene rings is 1. The minimum absolute atomic E-state index is 0.0386. The molecule has 0 bridgehead atoms. The van der Waals surface area contributed by atoms with Gasteiger partial charge in [-0.15, -0.1) is 0 Å². The Morgan fingerprint density at radius 3 is 2.32 bits per heavy atom. The zero-order valence-electron chi connectivity index (χ0n) is 14.6. The molecule has 1 atom stereocenters. The van der Waals surface area contributed by atoms with Crippen LogP contribution in [0.3, 0.4) is 0 Å². The maximum Gasteiger partial charge on any atom is 0.307 e. The van der Waals surface area contributed by atoms with Gasteiger partial charge in [0.2, 0.25) is 10.0 Å². The van der Waals surface area contributed by atoms with Crippen molar-refractivity contribution in [2.45, 2.75) is 44.9 Å². The van der Waals surface area contributed by atoms with Crippen LogP contribution in [0.5, 0.6) is 0 Å². The van der Waals surface area contributed by atoms with Crippen molar-refractivity contribution in [2.24, 2.45) is 11.8 Å². The standard InChI is InChI=1S/C19H27NO4S/c21-19(22)12-16-7-5-15(6-8-16)11-18-9-10-20(13-18)25(23,24)14-17-3-1-2-4-17/h5-8,17-18H,1-4,9-14H2,(H,21,22). The number of carboxylic acid groups (broad SMARTS) is 1. The summed E-state index contributed by atoms with van der Waals surface area (Å²) in [5.74, 6) is 0.199. The van der Waals surface area contributed by atoms with Crippen LogP contribution in [0.2, 0.25) is 0 Å². The van der Waals surface area contributed by atoms with Crippen molar-refractivity contribution in [3.63, 3.8) is 0 Å². The van der Waals surface area contributed by atoms with Crippen molar-refractivity contribution < 1.29 is 18.3 Å². The molecule has 2 fully saturated rings. The number of hydrogen-bond donors (Lipinski definition) is 1. The first-order chi connectivity index (χ1) is 11.9. The molecule has 1 unspecified atom stereocenters. The van der Waals surface area contributed by atoms with Crippen LogP contribution in [0.25, 0.3) is 0 Å². The lowest BCUT2D eigenvalue weighted by atomic mass is 9.97. The lowest BCUT2D eigenvalue weighted by molar-refractivity contribution is -0.136. The molecule has 1 aromatic rings. The van der Waals surface area contributed by atoms with E-state index >= 15 is 0 Å². The van der Waals surface area contributed by atoms with Crippen LogP contribution in [-0.2, 0) is 27.7 Å².